The normalized spacial score (nSPS) is 15.8. The van der Waals surface area contributed by atoms with Crippen molar-refractivity contribution in [2.75, 3.05) is 26.2 Å². The van der Waals surface area contributed by atoms with Crippen molar-refractivity contribution in [2.24, 2.45) is 0 Å². The Balaban J connectivity index is 0.000000326. The lowest BCUT2D eigenvalue weighted by Gasteiger charge is -2.36. The molecule has 1 fully saturated rings. The summed E-state index contributed by atoms with van der Waals surface area (Å²) >= 11 is 0. The standard InChI is InChI=1S/C16H23N3.C2H2O4/c1-13(2)19-9-7-18(8-10-19)12-14-11-17-16-6-4-3-5-15(14)16;3-1(4)2(5)6/h3-6,11,13,17H,7-10,12H2,1-2H3;(H,3,4)(H,5,6). The van der Waals surface area contributed by atoms with Gasteiger partial charge in [-0.3, -0.25) is 9.80 Å². The highest BCUT2D eigenvalue weighted by Crippen LogP contribution is 2.20. The molecule has 0 spiro atoms. The molecule has 0 saturated carbocycles. The van der Waals surface area contributed by atoms with Gasteiger partial charge in [0.2, 0.25) is 0 Å². The van der Waals surface area contributed by atoms with Crippen LogP contribution in [0.1, 0.15) is 19.4 Å². The summed E-state index contributed by atoms with van der Waals surface area (Å²) < 4.78 is 0. The Kier molecular flexibility index (Phi) is 6.55. The number of carboxylic acid groups (broad SMARTS) is 2. The highest BCUT2D eigenvalue weighted by atomic mass is 16.4. The third-order valence-electron chi connectivity index (χ3n) is 4.39. The SMILES string of the molecule is CC(C)N1CCN(Cc2c[nH]c3ccccc23)CC1.O=C(O)C(=O)O. The van der Waals surface area contributed by atoms with E-state index in [-0.39, 0.29) is 0 Å². The number of nitrogens with zero attached hydrogens (tertiary/aromatic N) is 2. The van der Waals surface area contributed by atoms with Gasteiger partial charge in [0.1, 0.15) is 0 Å². The Morgan fingerprint density at radius 1 is 1.08 bits per heavy atom. The highest BCUT2D eigenvalue weighted by Gasteiger charge is 2.19. The number of para-hydroxylation sites is 1. The molecule has 0 bridgehead atoms. The van der Waals surface area contributed by atoms with Crippen molar-refractivity contribution in [3.8, 4) is 0 Å². The summed E-state index contributed by atoms with van der Waals surface area (Å²) in [5.74, 6) is -3.65. The zero-order valence-electron chi connectivity index (χ0n) is 14.6. The summed E-state index contributed by atoms with van der Waals surface area (Å²) in [4.78, 5) is 26.7. The van der Waals surface area contributed by atoms with Crippen LogP contribution in [0.2, 0.25) is 0 Å². The maximum Gasteiger partial charge on any atom is 0.414 e. The highest BCUT2D eigenvalue weighted by molar-refractivity contribution is 6.27. The number of hydrogen-bond acceptors (Lipinski definition) is 4. The number of fused-ring (bicyclic) bond motifs is 1. The van der Waals surface area contributed by atoms with E-state index in [4.69, 9.17) is 19.8 Å². The second-order valence-corrected chi connectivity index (χ2v) is 6.38. The number of nitrogens with one attached hydrogen (secondary N) is 1. The van der Waals surface area contributed by atoms with Crippen molar-refractivity contribution in [3.63, 3.8) is 0 Å². The molecule has 0 amide bonds. The van der Waals surface area contributed by atoms with Crippen LogP contribution < -0.4 is 0 Å². The van der Waals surface area contributed by atoms with Gasteiger partial charge in [0.25, 0.3) is 0 Å². The summed E-state index contributed by atoms with van der Waals surface area (Å²) in [5, 5.41) is 16.2. The first kappa shape index (κ1) is 19.0. The number of aromatic nitrogens is 1. The van der Waals surface area contributed by atoms with Crippen LogP contribution in [0.4, 0.5) is 0 Å². The van der Waals surface area contributed by atoms with Gasteiger partial charge in [-0.1, -0.05) is 18.2 Å². The van der Waals surface area contributed by atoms with Crippen LogP contribution in [0.3, 0.4) is 0 Å². The molecule has 3 N–H and O–H groups in total. The lowest BCUT2D eigenvalue weighted by molar-refractivity contribution is -0.159. The van der Waals surface area contributed by atoms with Crippen LogP contribution in [-0.4, -0.2) is 69.2 Å². The summed E-state index contributed by atoms with van der Waals surface area (Å²) in [7, 11) is 0. The number of carboxylic acids is 2. The van der Waals surface area contributed by atoms with Crippen molar-refractivity contribution in [1.82, 2.24) is 14.8 Å². The molecular formula is C18H25N3O4. The van der Waals surface area contributed by atoms with Gasteiger partial charge < -0.3 is 15.2 Å². The van der Waals surface area contributed by atoms with E-state index in [1.165, 1.54) is 42.6 Å². The van der Waals surface area contributed by atoms with Crippen LogP contribution in [0, 0.1) is 0 Å². The minimum absolute atomic E-state index is 0.676. The van der Waals surface area contributed by atoms with Crippen molar-refractivity contribution in [1.29, 1.82) is 0 Å². The molecule has 0 atom stereocenters. The minimum Gasteiger partial charge on any atom is -0.473 e. The van der Waals surface area contributed by atoms with Crippen LogP contribution in [-0.2, 0) is 16.1 Å². The van der Waals surface area contributed by atoms with Crippen molar-refractivity contribution >= 4 is 22.8 Å². The zero-order valence-corrected chi connectivity index (χ0v) is 14.6. The molecule has 1 aromatic heterocycles. The Morgan fingerprint density at radius 3 is 2.24 bits per heavy atom. The van der Waals surface area contributed by atoms with E-state index >= 15 is 0 Å². The average Bonchev–Trinajstić information content (AvgIpc) is 2.99. The Bertz CT molecular complexity index is 706. The summed E-state index contributed by atoms with van der Waals surface area (Å²) in [6, 6.07) is 9.25. The molecule has 2 heterocycles. The second-order valence-electron chi connectivity index (χ2n) is 6.38. The van der Waals surface area contributed by atoms with Crippen LogP contribution >= 0.6 is 0 Å². The number of aromatic amines is 1. The second kappa shape index (κ2) is 8.64. The lowest BCUT2D eigenvalue weighted by atomic mass is 10.1. The average molecular weight is 347 g/mol. The molecule has 3 rings (SSSR count). The first-order valence-corrected chi connectivity index (χ1v) is 8.36. The fourth-order valence-electron chi connectivity index (χ4n) is 2.94. The Labute approximate surface area is 146 Å². The van der Waals surface area contributed by atoms with Gasteiger partial charge in [-0.25, -0.2) is 9.59 Å². The van der Waals surface area contributed by atoms with Gasteiger partial charge >= 0.3 is 11.9 Å². The van der Waals surface area contributed by atoms with Gasteiger partial charge in [0.05, 0.1) is 0 Å². The number of hydrogen-bond donors (Lipinski definition) is 3. The topological polar surface area (TPSA) is 96.9 Å². The van der Waals surface area contributed by atoms with Crippen LogP contribution in [0.15, 0.2) is 30.5 Å². The summed E-state index contributed by atoms with van der Waals surface area (Å²) in [6.45, 7) is 10.4. The predicted molar refractivity (Wildman–Crippen MR) is 95.6 cm³/mol. The van der Waals surface area contributed by atoms with Crippen molar-refractivity contribution in [3.05, 3.63) is 36.0 Å². The van der Waals surface area contributed by atoms with E-state index < -0.39 is 11.9 Å². The maximum atomic E-state index is 9.10. The molecule has 7 heteroatoms. The van der Waals surface area contributed by atoms with Gasteiger partial charge in [-0.15, -0.1) is 0 Å². The van der Waals surface area contributed by atoms with E-state index in [0.717, 1.165) is 6.54 Å². The molecule has 0 aliphatic carbocycles. The van der Waals surface area contributed by atoms with E-state index in [2.05, 4.69) is 59.1 Å². The quantitative estimate of drug-likeness (QED) is 0.733. The fraction of sp³-hybridized carbons (Fsp3) is 0.444. The molecule has 136 valence electrons. The van der Waals surface area contributed by atoms with Gasteiger partial charge in [-0.2, -0.15) is 0 Å². The summed E-state index contributed by atoms with van der Waals surface area (Å²) in [6.07, 6.45) is 2.17. The Hall–Kier alpha value is -2.38. The number of rotatable bonds is 3. The molecule has 7 nitrogen and oxygen atoms in total. The molecule has 1 aliphatic rings. The van der Waals surface area contributed by atoms with Gasteiger partial charge in [0, 0.05) is 55.9 Å². The van der Waals surface area contributed by atoms with E-state index in [1.807, 2.05) is 0 Å². The van der Waals surface area contributed by atoms with Crippen molar-refractivity contribution in [2.45, 2.75) is 26.4 Å². The lowest BCUT2D eigenvalue weighted by Crippen LogP contribution is -2.48. The zero-order chi connectivity index (χ0) is 18.4. The Morgan fingerprint density at radius 2 is 1.68 bits per heavy atom. The first-order chi connectivity index (χ1) is 11.9. The number of piperazine rings is 1. The third kappa shape index (κ3) is 5.30. The fourth-order valence-corrected chi connectivity index (χ4v) is 2.94. The minimum atomic E-state index is -1.82. The molecule has 1 saturated heterocycles. The van der Waals surface area contributed by atoms with Gasteiger partial charge in [-0.05, 0) is 25.5 Å². The molecule has 1 aromatic carbocycles. The first-order valence-electron chi connectivity index (χ1n) is 8.36. The van der Waals surface area contributed by atoms with Crippen LogP contribution in [0.5, 0.6) is 0 Å². The van der Waals surface area contributed by atoms with Crippen molar-refractivity contribution < 1.29 is 19.8 Å². The number of carbonyl (C=O) groups is 2. The molecule has 0 unspecified atom stereocenters. The van der Waals surface area contributed by atoms with E-state index in [9.17, 15) is 0 Å². The smallest absolute Gasteiger partial charge is 0.414 e. The molecule has 2 aromatic rings. The van der Waals surface area contributed by atoms with E-state index in [0.29, 0.717) is 6.04 Å². The number of H-pyrrole nitrogens is 1. The number of aliphatic carboxylic acids is 2. The molecule has 0 radical (unpaired) electrons. The number of benzene rings is 1. The largest absolute Gasteiger partial charge is 0.473 e. The maximum absolute atomic E-state index is 9.10. The predicted octanol–water partition coefficient (Wildman–Crippen LogP) is 1.85. The third-order valence-corrected chi connectivity index (χ3v) is 4.39. The van der Waals surface area contributed by atoms with Crippen LogP contribution in [0.25, 0.3) is 10.9 Å². The monoisotopic (exact) mass is 347 g/mol. The molecular weight excluding hydrogens is 322 g/mol. The molecule has 25 heavy (non-hydrogen) atoms. The van der Waals surface area contributed by atoms with E-state index in [1.54, 1.807) is 0 Å². The summed E-state index contributed by atoms with van der Waals surface area (Å²) in [5.41, 5.74) is 2.67. The molecule has 1 aliphatic heterocycles. The van der Waals surface area contributed by atoms with Gasteiger partial charge in [0.15, 0.2) is 0 Å².